The van der Waals surface area contributed by atoms with E-state index in [0.29, 0.717) is 0 Å². The third-order valence-corrected chi connectivity index (χ3v) is 2.75. The van der Waals surface area contributed by atoms with E-state index in [2.05, 4.69) is 4.98 Å². The van der Waals surface area contributed by atoms with Gasteiger partial charge in [-0.05, 0) is 31.2 Å². The Morgan fingerprint density at radius 2 is 1.23 bits per heavy atom. The van der Waals surface area contributed by atoms with E-state index < -0.39 is 20.5 Å². The van der Waals surface area contributed by atoms with E-state index in [0.717, 1.165) is 5.56 Å². The summed E-state index contributed by atoms with van der Waals surface area (Å²) in [5, 5.41) is 0. The minimum absolute atomic E-state index is 0.0666. The molecule has 0 aliphatic heterocycles. The maximum Gasteiger partial charge on any atom is 0.394 e. The van der Waals surface area contributed by atoms with Crippen LogP contribution in [0.5, 0.6) is 0 Å². The number of pyridine rings is 1. The molecule has 0 bridgehead atoms. The lowest BCUT2D eigenvalue weighted by atomic mass is 10.2. The molecule has 1 aromatic heterocycles. The topological polar surface area (TPSA) is 142 Å². The molecule has 0 aliphatic carbocycles. The van der Waals surface area contributed by atoms with E-state index in [1.807, 2.05) is 25.1 Å². The van der Waals surface area contributed by atoms with E-state index in [1.165, 1.54) is 12.1 Å². The van der Waals surface area contributed by atoms with E-state index in [1.54, 1.807) is 24.5 Å². The van der Waals surface area contributed by atoms with Crippen molar-refractivity contribution in [2.24, 2.45) is 0 Å². The first kappa shape index (κ1) is 20.1. The number of hydrogen-bond donors (Lipinski definition) is 3. The van der Waals surface area contributed by atoms with E-state index >= 15 is 0 Å². The molecular formula is C12H15NO7S2. The van der Waals surface area contributed by atoms with Gasteiger partial charge in [-0.25, -0.2) is 0 Å². The monoisotopic (exact) mass is 349 g/mol. The lowest BCUT2D eigenvalue weighted by Gasteiger charge is -1.95. The van der Waals surface area contributed by atoms with Crippen LogP contribution in [0.2, 0.25) is 0 Å². The van der Waals surface area contributed by atoms with Gasteiger partial charge in [0, 0.05) is 12.4 Å². The van der Waals surface area contributed by atoms with Crippen molar-refractivity contribution < 1.29 is 30.5 Å². The second kappa shape index (κ2) is 9.23. The Bertz CT molecular complexity index is 707. The summed E-state index contributed by atoms with van der Waals surface area (Å²) in [5.74, 6) is 0. The van der Waals surface area contributed by atoms with Gasteiger partial charge in [-0.1, -0.05) is 23.8 Å². The zero-order chi connectivity index (χ0) is 17.2. The number of aryl methyl sites for hydroxylation is 1. The Balaban J connectivity index is 0.000000338. The smallest absolute Gasteiger partial charge is 0.282 e. The minimum Gasteiger partial charge on any atom is -0.282 e. The van der Waals surface area contributed by atoms with Crippen molar-refractivity contribution >= 4 is 20.5 Å². The van der Waals surface area contributed by atoms with Crippen LogP contribution in [-0.4, -0.2) is 35.5 Å². The van der Waals surface area contributed by atoms with Gasteiger partial charge in [-0.3, -0.25) is 18.6 Å². The first-order valence-corrected chi connectivity index (χ1v) is 8.43. The number of rotatable bonds is 1. The molecule has 0 saturated heterocycles. The van der Waals surface area contributed by atoms with Crippen LogP contribution in [0.1, 0.15) is 5.56 Å². The van der Waals surface area contributed by atoms with E-state index in [9.17, 15) is 8.42 Å². The zero-order valence-electron chi connectivity index (χ0n) is 11.4. The highest BCUT2D eigenvalue weighted by Gasteiger charge is 2.06. The van der Waals surface area contributed by atoms with Crippen LogP contribution in [0.3, 0.4) is 0 Å². The molecule has 1 aromatic carbocycles. The first-order valence-electron chi connectivity index (χ1n) is 5.59. The van der Waals surface area contributed by atoms with Crippen molar-refractivity contribution in [3.05, 3.63) is 60.4 Å². The normalized spacial score (nSPS) is 10.5. The molecule has 0 atom stereocenters. The first-order chi connectivity index (χ1) is 10.00. The highest BCUT2D eigenvalue weighted by molar-refractivity contribution is 7.85. The van der Waals surface area contributed by atoms with Crippen LogP contribution in [0.15, 0.2) is 59.8 Å². The molecule has 10 heteroatoms. The number of benzene rings is 1. The van der Waals surface area contributed by atoms with Crippen molar-refractivity contribution in [1.29, 1.82) is 0 Å². The fraction of sp³-hybridized carbons (Fsp3) is 0.0833. The molecule has 0 radical (unpaired) electrons. The van der Waals surface area contributed by atoms with Gasteiger partial charge in [0.15, 0.2) is 0 Å². The van der Waals surface area contributed by atoms with Crippen LogP contribution >= 0.6 is 0 Å². The summed E-state index contributed by atoms with van der Waals surface area (Å²) in [6, 6.07) is 11.7. The molecular weight excluding hydrogens is 334 g/mol. The number of aromatic nitrogens is 1. The fourth-order valence-corrected chi connectivity index (χ4v) is 1.50. The van der Waals surface area contributed by atoms with Gasteiger partial charge in [0.25, 0.3) is 10.1 Å². The molecule has 2 aromatic rings. The van der Waals surface area contributed by atoms with Gasteiger partial charge < -0.3 is 0 Å². The predicted octanol–water partition coefficient (Wildman–Crippen LogP) is 1.67. The highest BCUT2D eigenvalue weighted by Crippen LogP contribution is 2.08. The Kier molecular flexibility index (Phi) is 8.45. The van der Waals surface area contributed by atoms with Crippen molar-refractivity contribution in [1.82, 2.24) is 4.98 Å². The largest absolute Gasteiger partial charge is 0.394 e. The third-order valence-electron chi connectivity index (χ3n) is 1.89. The summed E-state index contributed by atoms with van der Waals surface area (Å²) in [6.45, 7) is 1.84. The summed E-state index contributed by atoms with van der Waals surface area (Å²) >= 11 is 0. The Labute approximate surface area is 128 Å². The van der Waals surface area contributed by atoms with Crippen molar-refractivity contribution in [2.45, 2.75) is 11.8 Å². The molecule has 0 spiro atoms. The molecule has 3 N–H and O–H groups in total. The zero-order valence-corrected chi connectivity index (χ0v) is 13.1. The molecule has 22 heavy (non-hydrogen) atoms. The summed E-state index contributed by atoms with van der Waals surface area (Å²) in [4.78, 5) is 3.72. The van der Waals surface area contributed by atoms with Crippen LogP contribution in [0.25, 0.3) is 0 Å². The Hall–Kier alpha value is -1.85. The molecule has 122 valence electrons. The SMILES string of the molecule is Cc1ccc(S(=O)(=O)O)cc1.O=S(=O)(O)O.c1ccncc1. The van der Waals surface area contributed by atoms with Gasteiger partial charge in [0.1, 0.15) is 0 Å². The quantitative estimate of drug-likeness (QED) is 0.660. The lowest BCUT2D eigenvalue weighted by Crippen LogP contribution is -1.96. The van der Waals surface area contributed by atoms with Crippen LogP contribution in [0, 0.1) is 6.92 Å². The summed E-state index contributed by atoms with van der Waals surface area (Å²) in [7, 11) is -8.69. The molecule has 0 amide bonds. The molecule has 0 unspecified atom stereocenters. The summed E-state index contributed by atoms with van der Waals surface area (Å²) in [6.07, 6.45) is 3.50. The third kappa shape index (κ3) is 13.1. The van der Waals surface area contributed by atoms with Gasteiger partial charge in [-0.2, -0.15) is 16.8 Å². The second-order valence-corrected chi connectivity index (χ2v) is 6.08. The van der Waals surface area contributed by atoms with Crippen LogP contribution in [0.4, 0.5) is 0 Å². The van der Waals surface area contributed by atoms with Crippen molar-refractivity contribution in [3.8, 4) is 0 Å². The van der Waals surface area contributed by atoms with E-state index in [-0.39, 0.29) is 4.90 Å². The summed E-state index contributed by atoms with van der Waals surface area (Å²) < 4.78 is 61.1. The van der Waals surface area contributed by atoms with Crippen molar-refractivity contribution in [2.75, 3.05) is 0 Å². The van der Waals surface area contributed by atoms with Crippen LogP contribution in [-0.2, 0) is 20.5 Å². The Morgan fingerprint density at radius 3 is 1.45 bits per heavy atom. The molecule has 2 rings (SSSR count). The molecule has 0 saturated carbocycles. The van der Waals surface area contributed by atoms with Gasteiger partial charge >= 0.3 is 10.4 Å². The molecule has 0 fully saturated rings. The predicted molar refractivity (Wildman–Crippen MR) is 79.4 cm³/mol. The van der Waals surface area contributed by atoms with Gasteiger partial charge in [-0.15, -0.1) is 0 Å². The van der Waals surface area contributed by atoms with Crippen molar-refractivity contribution in [3.63, 3.8) is 0 Å². The van der Waals surface area contributed by atoms with Gasteiger partial charge in [0.2, 0.25) is 0 Å². The minimum atomic E-state index is -4.67. The van der Waals surface area contributed by atoms with Gasteiger partial charge in [0.05, 0.1) is 4.90 Å². The van der Waals surface area contributed by atoms with E-state index in [4.69, 9.17) is 22.1 Å². The molecule has 1 heterocycles. The van der Waals surface area contributed by atoms with Crippen LogP contribution < -0.4 is 0 Å². The number of nitrogens with zero attached hydrogens (tertiary/aromatic N) is 1. The highest BCUT2D eigenvalue weighted by atomic mass is 32.3. The maximum atomic E-state index is 10.5. The average Bonchev–Trinajstić information content (AvgIpc) is 2.39. The lowest BCUT2D eigenvalue weighted by molar-refractivity contribution is 0.381. The number of hydrogen-bond acceptors (Lipinski definition) is 5. The average molecular weight is 349 g/mol. The Morgan fingerprint density at radius 1 is 0.818 bits per heavy atom. The standard InChI is InChI=1S/C7H8O3S.C5H5N.H2O4S/c1-6-2-4-7(5-3-6)11(8,9)10;1-2-4-6-5-3-1;1-5(2,3)4/h2-5H,1H3,(H,8,9,10);1-5H;(H2,1,2,3,4). The molecule has 8 nitrogen and oxygen atoms in total. The summed E-state index contributed by atoms with van der Waals surface area (Å²) in [5.41, 5.74) is 0.956. The second-order valence-electron chi connectivity index (χ2n) is 3.76. The fourth-order valence-electron chi connectivity index (χ4n) is 1.02. The maximum absolute atomic E-state index is 10.5. The molecule has 0 aliphatic rings.